The third kappa shape index (κ3) is 3.83. The van der Waals surface area contributed by atoms with Gasteiger partial charge in [0.1, 0.15) is 11.4 Å². The van der Waals surface area contributed by atoms with Gasteiger partial charge in [-0.1, -0.05) is 12.1 Å². The number of amides is 1. The number of nitrogens with zero attached hydrogens (tertiary/aromatic N) is 1. The van der Waals surface area contributed by atoms with Crippen LogP contribution in [0.25, 0.3) is 0 Å². The van der Waals surface area contributed by atoms with Crippen molar-refractivity contribution in [3.8, 4) is 0 Å². The lowest BCUT2D eigenvalue weighted by molar-refractivity contribution is -0.156. The van der Waals surface area contributed by atoms with Crippen molar-refractivity contribution >= 4 is 23.5 Å². The third-order valence-corrected chi connectivity index (χ3v) is 4.16. The highest BCUT2D eigenvalue weighted by molar-refractivity contribution is 6.27. The number of halogens is 4. The molecule has 1 fully saturated rings. The van der Waals surface area contributed by atoms with Crippen molar-refractivity contribution in [1.29, 1.82) is 0 Å². The molecule has 0 saturated heterocycles. The molecule has 1 amide bonds. The number of hydrogen-bond donors (Lipinski definition) is 0. The number of ether oxygens (including phenoxy) is 1. The summed E-state index contributed by atoms with van der Waals surface area (Å²) in [6, 6.07) is 4.47. The monoisotopic (exact) mass is 363 g/mol. The van der Waals surface area contributed by atoms with Crippen molar-refractivity contribution in [3.63, 3.8) is 0 Å². The molecule has 0 N–H and O–H groups in total. The third-order valence-electron chi connectivity index (χ3n) is 3.93. The number of rotatable bonds is 6. The Labute approximate surface area is 142 Å². The maximum absolute atomic E-state index is 12.6. The molecule has 1 saturated carbocycles. The zero-order chi connectivity index (χ0) is 18.0. The molecule has 8 heteroatoms. The standard InChI is InChI=1S/C16H17ClF3NO3/c1-2-24-14(23)15(7-8-15)21(13(22)9-17)10-11-3-5-12(6-4-11)16(18,19)20/h3-6H,2,7-10H2,1H3. The first-order valence-corrected chi connectivity index (χ1v) is 7.98. The van der Waals surface area contributed by atoms with Crippen LogP contribution in [-0.2, 0) is 27.0 Å². The Bertz CT molecular complexity index is 612. The second-order valence-corrected chi connectivity index (χ2v) is 5.83. The SMILES string of the molecule is CCOC(=O)C1(N(Cc2ccc(C(F)(F)F)cc2)C(=O)CCl)CC1. The van der Waals surface area contributed by atoms with Crippen LogP contribution in [0.4, 0.5) is 13.2 Å². The molecule has 132 valence electrons. The zero-order valence-corrected chi connectivity index (χ0v) is 13.8. The van der Waals surface area contributed by atoms with Crippen LogP contribution in [0.2, 0.25) is 0 Å². The summed E-state index contributed by atoms with van der Waals surface area (Å²) in [5, 5.41) is 0. The Balaban J connectivity index is 2.21. The van der Waals surface area contributed by atoms with Crippen molar-refractivity contribution in [3.05, 3.63) is 35.4 Å². The highest BCUT2D eigenvalue weighted by atomic mass is 35.5. The number of benzene rings is 1. The summed E-state index contributed by atoms with van der Waals surface area (Å²) in [5.41, 5.74) is -1.34. The van der Waals surface area contributed by atoms with Gasteiger partial charge in [0, 0.05) is 6.54 Å². The van der Waals surface area contributed by atoms with E-state index in [0.29, 0.717) is 18.4 Å². The fourth-order valence-electron chi connectivity index (χ4n) is 2.50. The molecule has 0 aliphatic heterocycles. The number of hydrogen-bond acceptors (Lipinski definition) is 3. The van der Waals surface area contributed by atoms with E-state index in [2.05, 4.69) is 0 Å². The predicted octanol–water partition coefficient (Wildman–Crippen LogP) is 3.37. The molecule has 0 radical (unpaired) electrons. The average Bonchev–Trinajstić information content (AvgIpc) is 3.33. The summed E-state index contributed by atoms with van der Waals surface area (Å²) < 4.78 is 42.9. The number of carbonyl (C=O) groups is 2. The van der Waals surface area contributed by atoms with Crippen LogP contribution in [0.5, 0.6) is 0 Å². The van der Waals surface area contributed by atoms with Crippen LogP contribution >= 0.6 is 11.6 Å². The van der Waals surface area contributed by atoms with Crippen molar-refractivity contribution in [2.45, 2.75) is 38.0 Å². The maximum Gasteiger partial charge on any atom is 0.416 e. The van der Waals surface area contributed by atoms with Crippen LogP contribution in [0, 0.1) is 0 Å². The summed E-state index contributed by atoms with van der Waals surface area (Å²) in [7, 11) is 0. The topological polar surface area (TPSA) is 46.6 Å². The number of alkyl halides is 4. The minimum Gasteiger partial charge on any atom is -0.464 e. The molecule has 4 nitrogen and oxygen atoms in total. The van der Waals surface area contributed by atoms with Gasteiger partial charge in [-0.3, -0.25) is 4.79 Å². The molecule has 0 unspecified atom stereocenters. The minimum atomic E-state index is -4.42. The first-order valence-electron chi connectivity index (χ1n) is 7.44. The van der Waals surface area contributed by atoms with E-state index in [1.165, 1.54) is 17.0 Å². The quantitative estimate of drug-likeness (QED) is 0.575. The van der Waals surface area contributed by atoms with E-state index in [0.717, 1.165) is 12.1 Å². The zero-order valence-electron chi connectivity index (χ0n) is 13.0. The normalized spacial score (nSPS) is 15.7. The molecule has 1 aliphatic rings. The van der Waals surface area contributed by atoms with Gasteiger partial charge in [0.15, 0.2) is 0 Å². The largest absolute Gasteiger partial charge is 0.464 e. The van der Waals surface area contributed by atoms with Crippen molar-refractivity contribution < 1.29 is 27.5 Å². The Morgan fingerprint density at radius 3 is 2.25 bits per heavy atom. The molecule has 24 heavy (non-hydrogen) atoms. The molecule has 0 bridgehead atoms. The number of carbonyl (C=O) groups excluding carboxylic acids is 2. The Hall–Kier alpha value is -1.76. The van der Waals surface area contributed by atoms with E-state index in [1.807, 2.05) is 0 Å². The lowest BCUT2D eigenvalue weighted by atomic mass is 10.1. The van der Waals surface area contributed by atoms with Gasteiger partial charge in [-0.05, 0) is 37.5 Å². The van der Waals surface area contributed by atoms with Crippen molar-refractivity contribution in [1.82, 2.24) is 4.90 Å². The first kappa shape index (κ1) is 18.6. The molecule has 2 rings (SSSR count). The van der Waals surface area contributed by atoms with Crippen molar-refractivity contribution in [2.75, 3.05) is 12.5 Å². The molecular weight excluding hydrogens is 347 g/mol. The minimum absolute atomic E-state index is 0.00248. The van der Waals surface area contributed by atoms with Crippen LogP contribution in [0.3, 0.4) is 0 Å². The molecule has 0 spiro atoms. The van der Waals surface area contributed by atoms with Gasteiger partial charge in [0.25, 0.3) is 0 Å². The van der Waals surface area contributed by atoms with E-state index >= 15 is 0 Å². The maximum atomic E-state index is 12.6. The van der Waals surface area contributed by atoms with E-state index in [9.17, 15) is 22.8 Å². The summed E-state index contributed by atoms with van der Waals surface area (Å²) in [6.45, 7) is 1.85. The van der Waals surface area contributed by atoms with Gasteiger partial charge in [-0.25, -0.2) is 4.79 Å². The first-order chi connectivity index (χ1) is 11.2. The fourth-order valence-corrected chi connectivity index (χ4v) is 2.64. The van der Waals surface area contributed by atoms with Crippen LogP contribution < -0.4 is 0 Å². The predicted molar refractivity (Wildman–Crippen MR) is 81.3 cm³/mol. The van der Waals surface area contributed by atoms with Crippen LogP contribution in [0.1, 0.15) is 30.9 Å². The average molecular weight is 364 g/mol. The molecule has 1 aliphatic carbocycles. The van der Waals surface area contributed by atoms with Gasteiger partial charge >= 0.3 is 12.1 Å². The summed E-state index contributed by atoms with van der Waals surface area (Å²) >= 11 is 5.62. The lowest BCUT2D eigenvalue weighted by Gasteiger charge is -2.30. The van der Waals surface area contributed by atoms with Gasteiger partial charge in [-0.15, -0.1) is 11.6 Å². The molecule has 1 aromatic rings. The van der Waals surface area contributed by atoms with E-state index < -0.39 is 29.2 Å². The van der Waals surface area contributed by atoms with E-state index in [-0.39, 0.29) is 19.0 Å². The highest BCUT2D eigenvalue weighted by Crippen LogP contribution is 2.44. The lowest BCUT2D eigenvalue weighted by Crippen LogP contribution is -2.48. The Morgan fingerprint density at radius 1 is 1.25 bits per heavy atom. The van der Waals surface area contributed by atoms with Crippen LogP contribution in [0.15, 0.2) is 24.3 Å². The Morgan fingerprint density at radius 2 is 1.83 bits per heavy atom. The summed E-state index contributed by atoms with van der Waals surface area (Å²) in [4.78, 5) is 25.6. The second kappa shape index (κ2) is 7.01. The van der Waals surface area contributed by atoms with Crippen molar-refractivity contribution in [2.24, 2.45) is 0 Å². The van der Waals surface area contributed by atoms with E-state index in [1.54, 1.807) is 6.92 Å². The van der Waals surface area contributed by atoms with Gasteiger partial charge in [-0.2, -0.15) is 13.2 Å². The smallest absolute Gasteiger partial charge is 0.416 e. The molecular formula is C16H17ClF3NO3. The number of esters is 1. The molecule has 0 atom stereocenters. The second-order valence-electron chi connectivity index (χ2n) is 5.56. The van der Waals surface area contributed by atoms with E-state index in [4.69, 9.17) is 16.3 Å². The highest BCUT2D eigenvalue weighted by Gasteiger charge is 2.57. The molecule has 0 heterocycles. The van der Waals surface area contributed by atoms with Crippen LogP contribution in [-0.4, -0.2) is 34.8 Å². The summed E-state index contributed by atoms with van der Waals surface area (Å²) in [6.07, 6.45) is -3.52. The Kier molecular flexibility index (Phi) is 5.42. The summed E-state index contributed by atoms with van der Waals surface area (Å²) in [5.74, 6) is -1.28. The molecule has 0 aromatic heterocycles. The van der Waals surface area contributed by atoms with Gasteiger partial charge in [0.05, 0.1) is 12.2 Å². The fraction of sp³-hybridized carbons (Fsp3) is 0.500. The molecule has 1 aromatic carbocycles. The van der Waals surface area contributed by atoms with Gasteiger partial charge in [0.2, 0.25) is 5.91 Å². The van der Waals surface area contributed by atoms with Gasteiger partial charge < -0.3 is 9.64 Å².